The molecule has 1 atom stereocenters. The van der Waals surface area contributed by atoms with E-state index < -0.39 is 27.3 Å². The number of carboxylic acid groups (broad SMARTS) is 1. The molecule has 0 aliphatic carbocycles. The summed E-state index contributed by atoms with van der Waals surface area (Å²) in [5, 5.41) is 11.2. The normalized spacial score (nSPS) is 12.2. The number of hydrogen-bond donors (Lipinski definition) is 5. The van der Waals surface area contributed by atoms with Gasteiger partial charge in [0.2, 0.25) is 0 Å². The van der Waals surface area contributed by atoms with Crippen LogP contribution in [-0.2, 0) is 9.59 Å². The Kier molecular flexibility index (Phi) is 7.04. The fourth-order valence-electron chi connectivity index (χ4n) is 1.23. The van der Waals surface area contributed by atoms with Crippen LogP contribution in [0.15, 0.2) is 24.3 Å². The summed E-state index contributed by atoms with van der Waals surface area (Å²) in [6.07, 6.45) is 0. The van der Waals surface area contributed by atoms with Crippen molar-refractivity contribution in [3.05, 3.63) is 24.3 Å². The molecule has 0 aromatic heterocycles. The van der Waals surface area contributed by atoms with Gasteiger partial charge in [-0.25, -0.2) is 0 Å². The third-order valence-corrected chi connectivity index (χ3v) is 4.89. The fraction of sp³-hybridized carbons (Fsp3) is 0.273. The quantitative estimate of drug-likeness (QED) is 0.371. The van der Waals surface area contributed by atoms with Crippen LogP contribution in [0.5, 0.6) is 0 Å². The molecule has 0 heterocycles. The van der Waals surface area contributed by atoms with Gasteiger partial charge in [0.1, 0.15) is 0 Å². The number of carbonyl (C=O) groups is 2. The summed E-state index contributed by atoms with van der Waals surface area (Å²) in [6, 6.07) is 5.26. The van der Waals surface area contributed by atoms with E-state index in [-0.39, 0.29) is 17.4 Å². The SMILES string of the molecule is NC(CSCC(=O)Nc1ccc([As](O)O)cc1)C(=O)O. The van der Waals surface area contributed by atoms with Crippen molar-refractivity contribution in [1.82, 2.24) is 0 Å². The summed E-state index contributed by atoms with van der Waals surface area (Å²) >= 11 is -1.74. The van der Waals surface area contributed by atoms with Crippen molar-refractivity contribution in [2.24, 2.45) is 5.73 Å². The first-order chi connectivity index (χ1) is 9.40. The van der Waals surface area contributed by atoms with Crippen molar-refractivity contribution >= 4 is 49.0 Å². The predicted molar refractivity (Wildman–Crippen MR) is 77.8 cm³/mol. The number of carboxylic acids is 1. The number of nitrogens with two attached hydrogens (primary N) is 1. The van der Waals surface area contributed by atoms with Crippen LogP contribution >= 0.6 is 11.8 Å². The number of hydrogen-bond acceptors (Lipinski definition) is 6. The first-order valence-electron chi connectivity index (χ1n) is 5.54. The summed E-state index contributed by atoms with van der Waals surface area (Å²) in [5.41, 5.74) is 5.84. The van der Waals surface area contributed by atoms with Gasteiger partial charge in [0, 0.05) is 0 Å². The molecule has 1 rings (SSSR count). The van der Waals surface area contributed by atoms with Gasteiger partial charge in [-0.05, 0) is 0 Å². The molecule has 9 heteroatoms. The van der Waals surface area contributed by atoms with Crippen molar-refractivity contribution in [3.63, 3.8) is 0 Å². The van der Waals surface area contributed by atoms with Crippen LogP contribution in [0.3, 0.4) is 0 Å². The van der Waals surface area contributed by atoms with Crippen LogP contribution in [0.1, 0.15) is 0 Å². The third-order valence-electron chi connectivity index (χ3n) is 2.23. The standard InChI is InChI=1S/C11H15AsN2O5S/c13-9(11(16)17)5-20-6-10(15)14-8-3-1-7(2-4-8)12(18)19/h1-4,9,18-19H,5-6,13H2,(H,14,15)(H,16,17). The molecule has 1 aromatic carbocycles. The molecule has 20 heavy (non-hydrogen) atoms. The number of anilines is 1. The van der Waals surface area contributed by atoms with Crippen LogP contribution in [0.4, 0.5) is 5.69 Å². The second kappa shape index (κ2) is 8.28. The first kappa shape index (κ1) is 17.0. The molecule has 0 aliphatic rings. The monoisotopic (exact) mass is 362 g/mol. The Morgan fingerprint density at radius 3 is 2.40 bits per heavy atom. The van der Waals surface area contributed by atoms with Crippen molar-refractivity contribution in [2.75, 3.05) is 16.8 Å². The van der Waals surface area contributed by atoms with Gasteiger partial charge < -0.3 is 0 Å². The Morgan fingerprint density at radius 2 is 1.90 bits per heavy atom. The second-order valence-corrected chi connectivity index (χ2v) is 7.17. The Hall–Kier alpha value is -1.05. The van der Waals surface area contributed by atoms with Gasteiger partial charge in [0.05, 0.1) is 0 Å². The van der Waals surface area contributed by atoms with Crippen LogP contribution in [0.2, 0.25) is 0 Å². The average molecular weight is 362 g/mol. The molecule has 7 nitrogen and oxygen atoms in total. The Bertz CT molecular complexity index is 468. The van der Waals surface area contributed by atoms with E-state index in [2.05, 4.69) is 5.32 Å². The second-order valence-electron chi connectivity index (χ2n) is 3.84. The molecule has 110 valence electrons. The number of thioether (sulfide) groups is 1. The van der Waals surface area contributed by atoms with E-state index in [4.69, 9.17) is 19.0 Å². The van der Waals surface area contributed by atoms with Gasteiger partial charge in [-0.1, -0.05) is 0 Å². The molecule has 1 unspecified atom stereocenters. The van der Waals surface area contributed by atoms with Gasteiger partial charge in [-0.3, -0.25) is 0 Å². The molecule has 0 aliphatic heterocycles. The molecule has 1 amide bonds. The van der Waals surface area contributed by atoms with Gasteiger partial charge in [0.25, 0.3) is 0 Å². The predicted octanol–water partition coefficient (Wildman–Crippen LogP) is -1.55. The molecular formula is C11H15AsN2O5S. The van der Waals surface area contributed by atoms with Gasteiger partial charge in [-0.15, -0.1) is 0 Å². The summed E-state index contributed by atoms with van der Waals surface area (Å²) in [7, 11) is 0. The number of rotatable bonds is 7. The van der Waals surface area contributed by atoms with E-state index in [9.17, 15) is 9.59 Å². The van der Waals surface area contributed by atoms with Crippen LogP contribution < -0.4 is 15.4 Å². The molecule has 0 radical (unpaired) electrons. The zero-order valence-corrected chi connectivity index (χ0v) is 13.1. The molecule has 6 N–H and O–H groups in total. The number of amides is 1. The van der Waals surface area contributed by atoms with Crippen molar-refractivity contribution in [2.45, 2.75) is 6.04 Å². The van der Waals surface area contributed by atoms with E-state index in [1.54, 1.807) is 24.3 Å². The van der Waals surface area contributed by atoms with E-state index in [0.717, 1.165) is 11.8 Å². The summed E-state index contributed by atoms with van der Waals surface area (Å²) in [4.78, 5) is 22.0. The van der Waals surface area contributed by atoms with E-state index >= 15 is 0 Å². The molecule has 0 spiro atoms. The minimum atomic E-state index is -2.87. The van der Waals surface area contributed by atoms with Crippen molar-refractivity contribution in [3.8, 4) is 0 Å². The average Bonchev–Trinajstić information content (AvgIpc) is 2.39. The molecule has 0 bridgehead atoms. The first-order valence-corrected chi connectivity index (χ1v) is 9.31. The van der Waals surface area contributed by atoms with Crippen LogP contribution in [-0.4, -0.2) is 58.1 Å². The zero-order valence-electron chi connectivity index (χ0n) is 10.4. The van der Waals surface area contributed by atoms with E-state index in [1.165, 1.54) is 0 Å². The summed E-state index contributed by atoms with van der Waals surface area (Å²) in [5.74, 6) is -1.12. The Balaban J connectivity index is 2.37. The summed E-state index contributed by atoms with van der Waals surface area (Å²) < 4.78 is 18.6. The molecule has 0 fully saturated rings. The van der Waals surface area contributed by atoms with Crippen molar-refractivity contribution < 1.29 is 22.9 Å². The number of aliphatic carboxylic acids is 1. The zero-order chi connectivity index (χ0) is 15.1. The van der Waals surface area contributed by atoms with Gasteiger partial charge in [0.15, 0.2) is 0 Å². The number of carbonyl (C=O) groups excluding carboxylic acids is 1. The van der Waals surface area contributed by atoms with Gasteiger partial charge in [-0.2, -0.15) is 0 Å². The fourth-order valence-corrected chi connectivity index (χ4v) is 2.87. The number of benzene rings is 1. The van der Waals surface area contributed by atoms with Crippen molar-refractivity contribution in [1.29, 1.82) is 0 Å². The third kappa shape index (κ3) is 5.94. The maximum atomic E-state index is 11.6. The molecule has 1 aromatic rings. The molecular weight excluding hydrogens is 347 g/mol. The van der Waals surface area contributed by atoms with Crippen LogP contribution in [0.25, 0.3) is 0 Å². The maximum absolute atomic E-state index is 11.6. The Morgan fingerprint density at radius 1 is 1.30 bits per heavy atom. The van der Waals surface area contributed by atoms with E-state index in [1.807, 2.05) is 0 Å². The minimum absolute atomic E-state index is 0.0978. The molecule has 0 saturated carbocycles. The summed E-state index contributed by atoms with van der Waals surface area (Å²) in [6.45, 7) is 0. The van der Waals surface area contributed by atoms with Gasteiger partial charge >= 0.3 is 125 Å². The van der Waals surface area contributed by atoms with E-state index in [0.29, 0.717) is 10.0 Å². The Labute approximate surface area is 125 Å². The number of nitrogens with one attached hydrogen (secondary N) is 1. The molecule has 0 saturated heterocycles. The topological polar surface area (TPSA) is 133 Å². The van der Waals surface area contributed by atoms with Crippen LogP contribution in [0, 0.1) is 0 Å².